The molecule has 1 unspecified atom stereocenters. The van der Waals surface area contributed by atoms with E-state index in [2.05, 4.69) is 29.7 Å². The maximum absolute atomic E-state index is 12.9. The van der Waals surface area contributed by atoms with Crippen molar-refractivity contribution in [3.63, 3.8) is 0 Å². The van der Waals surface area contributed by atoms with Crippen molar-refractivity contribution in [2.45, 2.75) is 29.0 Å². The van der Waals surface area contributed by atoms with Gasteiger partial charge in [0.15, 0.2) is 21.0 Å². The van der Waals surface area contributed by atoms with Crippen LogP contribution < -0.4 is 11.1 Å². The van der Waals surface area contributed by atoms with Crippen LogP contribution in [0.3, 0.4) is 0 Å². The number of aliphatic carboxylic acids is 1. The van der Waals surface area contributed by atoms with E-state index in [9.17, 15) is 28.3 Å². The number of nitrogen functional groups attached to an aromatic ring is 1. The Labute approximate surface area is 223 Å². The van der Waals surface area contributed by atoms with Crippen molar-refractivity contribution in [3.05, 3.63) is 28.2 Å². The van der Waals surface area contributed by atoms with Crippen molar-refractivity contribution in [2.24, 2.45) is 5.16 Å². The second-order valence-electron chi connectivity index (χ2n) is 7.19. The number of nitrogens with one attached hydrogen (secondary N) is 1. The number of ether oxygens (including phenoxy) is 1. The van der Waals surface area contributed by atoms with E-state index in [4.69, 9.17) is 10.5 Å². The SMILES string of the molecule is COCc1nsc(SCC2=C(C(=O)O)N3C(=O)C(NC(=O)C(=NOC(F)F)c4csc(N)n4)[C@H]3SC2)n1. The van der Waals surface area contributed by atoms with Crippen molar-refractivity contribution in [3.8, 4) is 0 Å². The highest BCUT2D eigenvalue weighted by Crippen LogP contribution is 2.41. The minimum absolute atomic E-state index is 0.0614. The molecule has 2 aromatic heterocycles. The molecular weight excluding hydrogens is 577 g/mol. The van der Waals surface area contributed by atoms with Crippen LogP contribution in [0.2, 0.25) is 0 Å². The first-order valence-corrected chi connectivity index (χ1v) is 13.8. The number of aromatic nitrogens is 3. The Morgan fingerprint density at radius 2 is 2.22 bits per heavy atom. The molecule has 0 saturated carbocycles. The average molecular weight is 594 g/mol. The molecule has 4 rings (SSSR count). The normalized spacial score (nSPS) is 19.6. The number of nitrogens with two attached hydrogens (primary N) is 1. The zero-order valence-corrected chi connectivity index (χ0v) is 21.9. The molecule has 4 N–H and O–H groups in total. The Balaban J connectivity index is 1.47. The number of alkyl halides is 2. The third kappa shape index (κ3) is 6.00. The molecule has 2 aromatic rings. The van der Waals surface area contributed by atoms with Gasteiger partial charge in [-0.05, 0) is 17.1 Å². The fourth-order valence-electron chi connectivity index (χ4n) is 3.33. The van der Waals surface area contributed by atoms with E-state index in [1.165, 1.54) is 36.0 Å². The Kier molecular flexibility index (Phi) is 8.57. The van der Waals surface area contributed by atoms with Crippen LogP contribution in [0.4, 0.5) is 13.9 Å². The van der Waals surface area contributed by atoms with Gasteiger partial charge in [-0.25, -0.2) is 14.8 Å². The minimum Gasteiger partial charge on any atom is -0.477 e. The standard InChI is InChI=1S/C18H17F2N7O6S4/c1-32-2-8-23-18(37-26-8)36-4-6-3-34-14-10(13(29)27(14)11(6)15(30)31)24-12(28)9(25-33-16(19)20)7-5-35-17(21)22-7/h5,10,14,16H,2-4H2,1H3,(H2,21,22)(H,24,28)(H,30,31)/t10?,14-/m1/s1. The van der Waals surface area contributed by atoms with Crippen molar-refractivity contribution >= 4 is 75.0 Å². The summed E-state index contributed by atoms with van der Waals surface area (Å²) in [5.74, 6) is -1.92. The summed E-state index contributed by atoms with van der Waals surface area (Å²) in [5, 5.41) is 16.1. The van der Waals surface area contributed by atoms with Gasteiger partial charge in [0.25, 0.3) is 11.8 Å². The average Bonchev–Trinajstić information content (AvgIpc) is 3.49. The van der Waals surface area contributed by atoms with Gasteiger partial charge in [0.05, 0.1) is 0 Å². The number of thiazole rings is 1. The molecule has 13 nitrogen and oxygen atoms in total. The summed E-state index contributed by atoms with van der Waals surface area (Å²) in [6.07, 6.45) is 0. The summed E-state index contributed by atoms with van der Waals surface area (Å²) in [4.78, 5) is 50.9. The number of carbonyl (C=O) groups excluding carboxylic acids is 2. The van der Waals surface area contributed by atoms with Gasteiger partial charge in [-0.2, -0.15) is 13.2 Å². The number of hydrogen-bond donors (Lipinski definition) is 3. The maximum Gasteiger partial charge on any atom is 0.407 e. The van der Waals surface area contributed by atoms with E-state index < -0.39 is 41.5 Å². The predicted octanol–water partition coefficient (Wildman–Crippen LogP) is 1.20. The van der Waals surface area contributed by atoms with Crippen molar-refractivity contribution in [1.29, 1.82) is 0 Å². The highest BCUT2D eigenvalue weighted by atomic mass is 32.2. The third-order valence-electron chi connectivity index (χ3n) is 4.83. The molecule has 2 amide bonds. The zero-order chi connectivity index (χ0) is 26.7. The highest BCUT2D eigenvalue weighted by molar-refractivity contribution is 8.01. The lowest BCUT2D eigenvalue weighted by molar-refractivity contribution is -0.150. The molecule has 0 radical (unpaired) electrons. The number of rotatable bonds is 11. The number of fused-ring (bicyclic) bond motifs is 1. The number of nitrogens with zero attached hydrogens (tertiary/aromatic N) is 5. The first kappa shape index (κ1) is 27.2. The van der Waals surface area contributed by atoms with Gasteiger partial charge in [-0.1, -0.05) is 16.9 Å². The molecule has 0 bridgehead atoms. The molecule has 37 heavy (non-hydrogen) atoms. The maximum atomic E-state index is 12.9. The number of β-lactam (4-membered cyclic amide) rings is 1. The van der Waals surface area contributed by atoms with Gasteiger partial charge < -0.3 is 25.7 Å². The van der Waals surface area contributed by atoms with Crippen molar-refractivity contribution in [1.82, 2.24) is 24.6 Å². The number of carboxylic acid groups (broad SMARTS) is 1. The summed E-state index contributed by atoms with van der Waals surface area (Å²) in [7, 11) is 1.52. The van der Waals surface area contributed by atoms with E-state index in [1.54, 1.807) is 0 Å². The summed E-state index contributed by atoms with van der Waals surface area (Å²) < 4.78 is 34.8. The molecule has 2 aliphatic rings. The van der Waals surface area contributed by atoms with Gasteiger partial charge in [0.2, 0.25) is 0 Å². The molecule has 0 aliphatic carbocycles. The topological polar surface area (TPSA) is 182 Å². The molecule has 1 saturated heterocycles. The zero-order valence-electron chi connectivity index (χ0n) is 18.6. The van der Waals surface area contributed by atoms with Crippen LogP contribution in [0.25, 0.3) is 0 Å². The Morgan fingerprint density at radius 1 is 1.43 bits per heavy atom. The Bertz CT molecular complexity index is 1270. The molecule has 4 heterocycles. The number of carboxylic acids is 1. The van der Waals surface area contributed by atoms with Crippen molar-refractivity contribution < 1.29 is 37.8 Å². The van der Waals surface area contributed by atoms with Crippen LogP contribution >= 0.6 is 46.4 Å². The van der Waals surface area contributed by atoms with Gasteiger partial charge in [0.1, 0.15) is 29.4 Å². The molecule has 2 atom stereocenters. The van der Waals surface area contributed by atoms with Crippen LogP contribution in [0.1, 0.15) is 11.5 Å². The number of amides is 2. The Morgan fingerprint density at radius 3 is 2.86 bits per heavy atom. The Hall–Kier alpha value is -2.87. The number of anilines is 1. The molecule has 19 heteroatoms. The first-order chi connectivity index (χ1) is 17.7. The summed E-state index contributed by atoms with van der Waals surface area (Å²) in [5.41, 5.74) is 5.17. The van der Waals surface area contributed by atoms with Gasteiger partial charge in [-0.3, -0.25) is 14.5 Å². The molecule has 0 aromatic carbocycles. The number of methoxy groups -OCH3 is 1. The summed E-state index contributed by atoms with van der Waals surface area (Å²) in [6, 6.07) is -1.12. The van der Waals surface area contributed by atoms with E-state index in [-0.39, 0.29) is 34.6 Å². The van der Waals surface area contributed by atoms with Gasteiger partial charge >= 0.3 is 12.6 Å². The molecule has 1 fully saturated rings. The summed E-state index contributed by atoms with van der Waals surface area (Å²) in [6.45, 7) is -3.04. The number of halogens is 2. The van der Waals surface area contributed by atoms with Crippen LogP contribution in [0.15, 0.2) is 26.1 Å². The lowest BCUT2D eigenvalue weighted by Crippen LogP contribution is -2.71. The number of oxime groups is 1. The van der Waals surface area contributed by atoms with Gasteiger partial charge in [0, 0.05) is 24.0 Å². The number of thioether (sulfide) groups is 2. The lowest BCUT2D eigenvalue weighted by Gasteiger charge is -2.49. The van der Waals surface area contributed by atoms with Gasteiger partial charge in [-0.15, -0.1) is 23.1 Å². The molecule has 0 spiro atoms. The van der Waals surface area contributed by atoms with Crippen LogP contribution in [-0.4, -0.2) is 84.5 Å². The highest BCUT2D eigenvalue weighted by Gasteiger charge is 2.54. The molecule has 198 valence electrons. The summed E-state index contributed by atoms with van der Waals surface area (Å²) >= 11 is 4.64. The molecule has 2 aliphatic heterocycles. The molecular formula is C18H17F2N7O6S4. The monoisotopic (exact) mass is 593 g/mol. The van der Waals surface area contributed by atoms with Crippen LogP contribution in [0, 0.1) is 0 Å². The van der Waals surface area contributed by atoms with Crippen LogP contribution in [-0.2, 0) is 30.6 Å². The van der Waals surface area contributed by atoms with E-state index >= 15 is 0 Å². The van der Waals surface area contributed by atoms with E-state index in [1.807, 2.05) is 0 Å². The third-order valence-corrected chi connectivity index (χ3v) is 8.80. The second kappa shape index (κ2) is 11.7. The number of carbonyl (C=O) groups is 3. The first-order valence-electron chi connectivity index (χ1n) is 10.1. The van der Waals surface area contributed by atoms with Crippen molar-refractivity contribution in [2.75, 3.05) is 24.3 Å². The smallest absolute Gasteiger partial charge is 0.407 e. The second-order valence-corrected chi connectivity index (χ2v) is 11.2. The minimum atomic E-state index is -3.29. The van der Waals surface area contributed by atoms with E-state index in [0.717, 1.165) is 27.8 Å². The fourth-order valence-corrected chi connectivity index (χ4v) is 6.98. The predicted molar refractivity (Wildman–Crippen MR) is 131 cm³/mol. The van der Waals surface area contributed by atoms with Crippen LogP contribution in [0.5, 0.6) is 0 Å². The largest absolute Gasteiger partial charge is 0.477 e. The quantitative estimate of drug-likeness (QED) is 0.147. The lowest BCUT2D eigenvalue weighted by atomic mass is 10.0. The van der Waals surface area contributed by atoms with E-state index in [0.29, 0.717) is 15.7 Å². The number of hydrogen-bond acceptors (Lipinski definition) is 14. The fraction of sp³-hybridized carbons (Fsp3) is 0.389.